The zero-order chi connectivity index (χ0) is 28.7. The molecule has 2 aromatic heterocycles. The summed E-state index contributed by atoms with van der Waals surface area (Å²) in [5, 5.41) is -0.356. The Balaban J connectivity index is 1.55. The highest BCUT2D eigenvalue weighted by Crippen LogP contribution is 2.49. The zero-order valence-corrected chi connectivity index (χ0v) is 23.7. The van der Waals surface area contributed by atoms with Gasteiger partial charge in [-0.1, -0.05) is 26.8 Å². The number of sulfonamides is 1. The number of ether oxygens (including phenoxy) is 1. The molecule has 212 valence electrons. The molecule has 1 amide bonds. The van der Waals surface area contributed by atoms with E-state index in [-0.39, 0.29) is 27.9 Å². The Bertz CT molecular complexity index is 1540. The number of hydrogen-bond donors (Lipinski definition) is 2. The summed E-state index contributed by atoms with van der Waals surface area (Å²) in [4.78, 5) is 24.4. The van der Waals surface area contributed by atoms with E-state index in [2.05, 4.69) is 21.5 Å². The van der Waals surface area contributed by atoms with Crippen molar-refractivity contribution in [2.75, 3.05) is 23.8 Å². The molecule has 2 fully saturated rings. The molecular formula is C29H34FN5O4S. The number of nitrogens with one attached hydrogen (secondary N) is 1. The van der Waals surface area contributed by atoms with Crippen LogP contribution in [0.2, 0.25) is 0 Å². The SMILES string of the molecule is CC(C)COc1cc(F)cc(-c2ccc(C(=O)NS(=O)(=O)c3cccc(N)n3)c(N3C[C@H](C)CC34CCC4)n2)c1. The van der Waals surface area contributed by atoms with Gasteiger partial charge in [0.15, 0.2) is 5.03 Å². The second-order valence-electron chi connectivity index (χ2n) is 11.3. The van der Waals surface area contributed by atoms with E-state index in [9.17, 15) is 17.6 Å². The maximum atomic E-state index is 14.6. The van der Waals surface area contributed by atoms with Crippen LogP contribution in [0.3, 0.4) is 0 Å². The fourth-order valence-corrected chi connectivity index (χ4v) is 6.50. The second-order valence-corrected chi connectivity index (χ2v) is 12.9. The molecule has 0 bridgehead atoms. The maximum absolute atomic E-state index is 14.6. The van der Waals surface area contributed by atoms with Gasteiger partial charge in [-0.25, -0.2) is 19.1 Å². The number of hydrogen-bond acceptors (Lipinski definition) is 8. The Kier molecular flexibility index (Phi) is 7.43. The van der Waals surface area contributed by atoms with Gasteiger partial charge in [0.05, 0.1) is 17.9 Å². The van der Waals surface area contributed by atoms with Crippen molar-refractivity contribution < 1.29 is 22.3 Å². The van der Waals surface area contributed by atoms with Crippen molar-refractivity contribution in [3.63, 3.8) is 0 Å². The average molecular weight is 568 g/mol. The lowest BCUT2D eigenvalue weighted by Gasteiger charge is -2.47. The van der Waals surface area contributed by atoms with E-state index in [0.717, 1.165) is 25.7 Å². The number of amides is 1. The predicted octanol–water partition coefficient (Wildman–Crippen LogP) is 4.79. The fraction of sp³-hybridized carbons (Fsp3) is 0.414. The van der Waals surface area contributed by atoms with E-state index >= 15 is 0 Å². The molecule has 2 aliphatic rings. The number of benzene rings is 1. The van der Waals surface area contributed by atoms with Gasteiger partial charge in [0.25, 0.3) is 15.9 Å². The summed E-state index contributed by atoms with van der Waals surface area (Å²) in [6.45, 7) is 7.28. The number of nitrogens with zero attached hydrogens (tertiary/aromatic N) is 3. The Morgan fingerprint density at radius 2 is 1.98 bits per heavy atom. The highest BCUT2D eigenvalue weighted by molar-refractivity contribution is 7.90. The highest BCUT2D eigenvalue weighted by atomic mass is 32.2. The van der Waals surface area contributed by atoms with Crippen LogP contribution in [0, 0.1) is 17.7 Å². The van der Waals surface area contributed by atoms with Crippen LogP contribution in [0.4, 0.5) is 16.0 Å². The summed E-state index contributed by atoms with van der Waals surface area (Å²) in [6, 6.07) is 11.7. The quantitative estimate of drug-likeness (QED) is 0.398. The Hall–Kier alpha value is -3.73. The van der Waals surface area contributed by atoms with Crippen LogP contribution in [-0.4, -0.2) is 43.0 Å². The van der Waals surface area contributed by atoms with E-state index in [1.54, 1.807) is 18.2 Å². The van der Waals surface area contributed by atoms with E-state index in [1.807, 2.05) is 13.8 Å². The normalized spacial score (nSPS) is 18.1. The van der Waals surface area contributed by atoms with Crippen molar-refractivity contribution in [1.82, 2.24) is 14.7 Å². The number of pyridine rings is 2. The van der Waals surface area contributed by atoms with Crippen LogP contribution in [-0.2, 0) is 10.0 Å². The number of halogens is 1. The highest BCUT2D eigenvalue weighted by Gasteiger charge is 2.49. The predicted molar refractivity (Wildman–Crippen MR) is 151 cm³/mol. The molecule has 11 heteroatoms. The van der Waals surface area contributed by atoms with Crippen molar-refractivity contribution in [2.24, 2.45) is 11.8 Å². The lowest BCUT2D eigenvalue weighted by Crippen LogP contribution is -2.50. The molecule has 5 rings (SSSR count). The van der Waals surface area contributed by atoms with E-state index in [4.69, 9.17) is 15.5 Å². The van der Waals surface area contributed by atoms with Gasteiger partial charge >= 0.3 is 0 Å². The second kappa shape index (κ2) is 10.7. The van der Waals surface area contributed by atoms with Crippen molar-refractivity contribution in [3.8, 4) is 17.0 Å². The van der Waals surface area contributed by atoms with Gasteiger partial charge in [0.1, 0.15) is 23.2 Å². The zero-order valence-electron chi connectivity index (χ0n) is 22.9. The van der Waals surface area contributed by atoms with Gasteiger partial charge in [-0.15, -0.1) is 0 Å². The van der Waals surface area contributed by atoms with Crippen LogP contribution < -0.4 is 20.1 Å². The Morgan fingerprint density at radius 3 is 2.65 bits per heavy atom. The summed E-state index contributed by atoms with van der Waals surface area (Å²) >= 11 is 0. The maximum Gasteiger partial charge on any atom is 0.281 e. The smallest absolute Gasteiger partial charge is 0.281 e. The first-order chi connectivity index (χ1) is 19.0. The molecule has 0 unspecified atom stereocenters. The standard InChI is InChI=1S/C29H34FN5O4S/c1-18(2)17-39-22-13-20(12-21(30)14-22)24-9-8-23(27(32-24)35-16-19(3)15-29(35)10-5-11-29)28(36)34-40(37,38)26-7-4-6-25(31)33-26/h4,6-9,12-14,18-19H,5,10-11,15-17H2,1-3H3,(H2,31,33)(H,34,36)/t19-/m1/s1. The van der Waals surface area contributed by atoms with E-state index < -0.39 is 21.7 Å². The lowest BCUT2D eigenvalue weighted by atomic mass is 9.73. The van der Waals surface area contributed by atoms with Crippen molar-refractivity contribution in [2.45, 2.75) is 57.0 Å². The summed E-state index contributed by atoms with van der Waals surface area (Å²) in [5.74, 6) is 0.131. The van der Waals surface area contributed by atoms with Crippen molar-refractivity contribution in [1.29, 1.82) is 0 Å². The molecule has 1 atom stereocenters. The summed E-state index contributed by atoms with van der Waals surface area (Å²) in [6.07, 6.45) is 3.95. The molecule has 3 aromatic rings. The average Bonchev–Trinajstić information content (AvgIpc) is 3.24. The number of nitrogens with two attached hydrogens (primary N) is 1. The molecule has 0 radical (unpaired) electrons. The van der Waals surface area contributed by atoms with Crippen LogP contribution >= 0.6 is 0 Å². The lowest BCUT2D eigenvalue weighted by molar-refractivity contribution is 0.0981. The first kappa shape index (κ1) is 27.8. The molecule has 9 nitrogen and oxygen atoms in total. The number of anilines is 2. The largest absolute Gasteiger partial charge is 0.493 e. The fourth-order valence-electron chi connectivity index (χ4n) is 5.56. The topological polar surface area (TPSA) is 128 Å². The van der Waals surface area contributed by atoms with Gasteiger partial charge in [-0.3, -0.25) is 4.79 Å². The van der Waals surface area contributed by atoms with Crippen molar-refractivity contribution in [3.05, 3.63) is 59.9 Å². The Morgan fingerprint density at radius 1 is 1.20 bits per heavy atom. The van der Waals surface area contributed by atoms with Crippen LogP contribution in [0.25, 0.3) is 11.3 Å². The molecular weight excluding hydrogens is 533 g/mol. The number of rotatable bonds is 8. The first-order valence-corrected chi connectivity index (χ1v) is 15.0. The van der Waals surface area contributed by atoms with E-state index in [0.29, 0.717) is 41.9 Å². The molecule has 1 saturated carbocycles. The summed E-state index contributed by atoms with van der Waals surface area (Å²) < 4.78 is 48.4. The molecule has 1 saturated heterocycles. The summed E-state index contributed by atoms with van der Waals surface area (Å²) in [7, 11) is -4.29. The number of nitrogen functional groups attached to an aromatic ring is 1. The molecule has 1 aromatic carbocycles. The van der Waals surface area contributed by atoms with Crippen LogP contribution in [0.5, 0.6) is 5.75 Å². The number of carbonyl (C=O) groups excluding carboxylic acids is 1. The number of carbonyl (C=O) groups is 1. The minimum atomic E-state index is -4.29. The summed E-state index contributed by atoms with van der Waals surface area (Å²) in [5.41, 5.74) is 6.58. The Labute approximate surface area is 234 Å². The van der Waals surface area contributed by atoms with Gasteiger partial charge in [0, 0.05) is 23.7 Å². The minimum absolute atomic E-state index is 0.0202. The third-order valence-corrected chi connectivity index (χ3v) is 8.68. The van der Waals surface area contributed by atoms with Gasteiger partial charge in [0.2, 0.25) is 0 Å². The van der Waals surface area contributed by atoms with Gasteiger partial charge in [-0.2, -0.15) is 8.42 Å². The molecule has 1 spiro atoms. The molecule has 3 N–H and O–H groups in total. The minimum Gasteiger partial charge on any atom is -0.493 e. The van der Waals surface area contributed by atoms with Gasteiger partial charge < -0.3 is 15.4 Å². The molecule has 40 heavy (non-hydrogen) atoms. The molecule has 3 heterocycles. The van der Waals surface area contributed by atoms with Crippen LogP contribution in [0.15, 0.2) is 53.6 Å². The van der Waals surface area contributed by atoms with Crippen molar-refractivity contribution >= 4 is 27.6 Å². The third kappa shape index (κ3) is 5.60. The third-order valence-electron chi connectivity index (χ3n) is 7.45. The molecule has 1 aliphatic heterocycles. The number of aromatic nitrogens is 2. The van der Waals surface area contributed by atoms with Gasteiger partial charge in [-0.05, 0) is 73.9 Å². The molecule has 1 aliphatic carbocycles. The monoisotopic (exact) mass is 567 g/mol. The van der Waals surface area contributed by atoms with E-state index in [1.165, 1.54) is 30.3 Å². The first-order valence-electron chi connectivity index (χ1n) is 13.5. The van der Waals surface area contributed by atoms with Crippen LogP contribution in [0.1, 0.15) is 56.8 Å².